The second-order valence-electron chi connectivity index (χ2n) is 3.26. The van der Waals surface area contributed by atoms with Gasteiger partial charge in [-0.05, 0) is 39.0 Å². The van der Waals surface area contributed by atoms with Gasteiger partial charge in [0.1, 0.15) is 0 Å². The zero-order valence-corrected chi connectivity index (χ0v) is 11.8. The van der Waals surface area contributed by atoms with Crippen LogP contribution in [0.15, 0.2) is 44.4 Å². The average Bonchev–Trinajstić information content (AvgIpc) is 2.80. The van der Waals surface area contributed by atoms with E-state index in [4.69, 9.17) is 0 Å². The van der Waals surface area contributed by atoms with Crippen LogP contribution in [0.1, 0.15) is 5.56 Å². The first-order valence-electron chi connectivity index (χ1n) is 4.76. The zero-order chi connectivity index (χ0) is 12.3. The number of halogens is 1. The van der Waals surface area contributed by atoms with E-state index in [-0.39, 0.29) is 10.6 Å². The third-order valence-corrected chi connectivity index (χ3v) is 4.96. The highest BCUT2D eigenvalue weighted by Crippen LogP contribution is 2.30. The summed E-state index contributed by atoms with van der Waals surface area (Å²) >= 11 is 6.54. The molecule has 0 spiro atoms. The summed E-state index contributed by atoms with van der Waals surface area (Å²) in [7, 11) is 0. The first kappa shape index (κ1) is 12.6. The van der Waals surface area contributed by atoms with E-state index >= 15 is 0 Å². The second kappa shape index (κ2) is 5.66. The summed E-state index contributed by atoms with van der Waals surface area (Å²) in [5.74, 6) is 0.745. The highest BCUT2D eigenvalue weighted by Gasteiger charge is 2.12. The number of nitro groups is 1. The molecular formula is C11H8BrNO2S2. The monoisotopic (exact) mass is 329 g/mol. The van der Waals surface area contributed by atoms with Gasteiger partial charge in [-0.25, -0.2) is 0 Å². The van der Waals surface area contributed by atoms with Crippen LogP contribution < -0.4 is 0 Å². The van der Waals surface area contributed by atoms with Crippen LogP contribution in [0.25, 0.3) is 0 Å². The van der Waals surface area contributed by atoms with Gasteiger partial charge >= 0.3 is 0 Å². The maximum atomic E-state index is 10.8. The normalized spacial score (nSPS) is 10.4. The van der Waals surface area contributed by atoms with Gasteiger partial charge in [-0.15, -0.1) is 23.1 Å². The van der Waals surface area contributed by atoms with Gasteiger partial charge in [0.05, 0.1) is 13.6 Å². The molecule has 3 nitrogen and oxygen atoms in total. The van der Waals surface area contributed by atoms with E-state index in [2.05, 4.69) is 15.9 Å². The van der Waals surface area contributed by atoms with Gasteiger partial charge < -0.3 is 0 Å². The van der Waals surface area contributed by atoms with Gasteiger partial charge in [0.2, 0.25) is 0 Å². The molecule has 0 saturated heterocycles. The molecule has 0 atom stereocenters. The minimum absolute atomic E-state index is 0.120. The Morgan fingerprint density at radius 1 is 1.41 bits per heavy atom. The summed E-state index contributed by atoms with van der Waals surface area (Å²) in [6, 6.07) is 9.28. The molecule has 6 heteroatoms. The fraction of sp³-hybridized carbons (Fsp3) is 0.0909. The number of rotatable bonds is 4. The molecule has 0 radical (unpaired) electrons. The van der Waals surface area contributed by atoms with E-state index in [0.717, 1.165) is 11.3 Å². The number of thiophene rings is 1. The van der Waals surface area contributed by atoms with Crippen LogP contribution in [0, 0.1) is 10.1 Å². The van der Waals surface area contributed by atoms with Crippen LogP contribution >= 0.6 is 39.0 Å². The summed E-state index contributed by atoms with van der Waals surface area (Å²) in [5.41, 5.74) is 1.08. The number of benzene rings is 1. The minimum Gasteiger partial charge on any atom is -0.258 e. The predicted molar refractivity (Wildman–Crippen MR) is 74.7 cm³/mol. The van der Waals surface area contributed by atoms with Crippen LogP contribution in [0.2, 0.25) is 0 Å². The van der Waals surface area contributed by atoms with Gasteiger partial charge in [0.15, 0.2) is 0 Å². The topological polar surface area (TPSA) is 43.1 Å². The molecule has 2 aromatic rings. The SMILES string of the molecule is O=[N+]([O-])c1cc(CSc2cccs2)ccc1Br. The minimum atomic E-state index is -0.372. The molecule has 1 heterocycles. The Bertz CT molecular complexity index is 528. The molecule has 0 amide bonds. The number of hydrogen-bond donors (Lipinski definition) is 0. The molecule has 88 valence electrons. The summed E-state index contributed by atoms with van der Waals surface area (Å²) in [6.45, 7) is 0. The van der Waals surface area contributed by atoms with Crippen molar-refractivity contribution in [2.45, 2.75) is 9.96 Å². The maximum Gasteiger partial charge on any atom is 0.283 e. The van der Waals surface area contributed by atoms with E-state index < -0.39 is 0 Å². The van der Waals surface area contributed by atoms with Crippen molar-refractivity contribution in [2.75, 3.05) is 0 Å². The lowest BCUT2D eigenvalue weighted by Crippen LogP contribution is -1.91. The van der Waals surface area contributed by atoms with E-state index in [1.54, 1.807) is 35.2 Å². The second-order valence-corrected chi connectivity index (χ2v) is 6.34. The lowest BCUT2D eigenvalue weighted by molar-refractivity contribution is -0.385. The fourth-order valence-electron chi connectivity index (χ4n) is 1.29. The lowest BCUT2D eigenvalue weighted by Gasteiger charge is -2.01. The summed E-state index contributed by atoms with van der Waals surface area (Å²) < 4.78 is 1.74. The molecule has 1 aromatic carbocycles. The molecule has 0 aliphatic carbocycles. The summed E-state index contributed by atoms with van der Waals surface area (Å²) in [6.07, 6.45) is 0. The lowest BCUT2D eigenvalue weighted by atomic mass is 10.2. The molecule has 0 unspecified atom stereocenters. The maximum absolute atomic E-state index is 10.8. The van der Waals surface area contributed by atoms with Crippen molar-refractivity contribution >= 4 is 44.7 Å². The van der Waals surface area contributed by atoms with Crippen molar-refractivity contribution in [1.82, 2.24) is 0 Å². The largest absolute Gasteiger partial charge is 0.283 e. The van der Waals surface area contributed by atoms with Crippen molar-refractivity contribution in [1.29, 1.82) is 0 Å². The van der Waals surface area contributed by atoms with Gasteiger partial charge in [-0.2, -0.15) is 0 Å². The number of hydrogen-bond acceptors (Lipinski definition) is 4. The molecule has 0 fully saturated rings. The van der Waals surface area contributed by atoms with Crippen LogP contribution in [0.4, 0.5) is 5.69 Å². The van der Waals surface area contributed by atoms with Crippen molar-refractivity contribution < 1.29 is 4.92 Å². The van der Waals surface area contributed by atoms with Crippen LogP contribution in [-0.4, -0.2) is 4.92 Å². The van der Waals surface area contributed by atoms with E-state index in [1.807, 2.05) is 23.6 Å². The molecule has 0 aliphatic heterocycles. The van der Waals surface area contributed by atoms with Gasteiger partial charge in [-0.1, -0.05) is 12.1 Å². The zero-order valence-electron chi connectivity index (χ0n) is 8.63. The molecule has 2 rings (SSSR count). The first-order chi connectivity index (χ1) is 8.16. The van der Waals surface area contributed by atoms with E-state index in [1.165, 1.54) is 4.21 Å². The van der Waals surface area contributed by atoms with Crippen LogP contribution in [-0.2, 0) is 5.75 Å². The van der Waals surface area contributed by atoms with Crippen molar-refractivity contribution in [2.24, 2.45) is 0 Å². The molecule has 1 aromatic heterocycles. The third kappa shape index (κ3) is 3.31. The molecular weight excluding hydrogens is 322 g/mol. The fourth-order valence-corrected chi connectivity index (χ4v) is 3.41. The van der Waals surface area contributed by atoms with Crippen LogP contribution in [0.3, 0.4) is 0 Å². The number of nitrogens with zero attached hydrogens (tertiary/aromatic N) is 1. The Morgan fingerprint density at radius 2 is 2.24 bits per heavy atom. The number of thioether (sulfide) groups is 1. The quantitative estimate of drug-likeness (QED) is 0.463. The van der Waals surface area contributed by atoms with Gasteiger partial charge in [-0.3, -0.25) is 10.1 Å². The molecule has 0 N–H and O–H groups in total. The standard InChI is InChI=1S/C11H8BrNO2S2/c12-9-4-3-8(6-10(9)13(14)15)7-17-11-2-1-5-16-11/h1-6H,7H2. The Labute approximate surface area is 115 Å². The van der Waals surface area contributed by atoms with E-state index in [0.29, 0.717) is 4.47 Å². The van der Waals surface area contributed by atoms with Gasteiger partial charge in [0, 0.05) is 11.8 Å². The van der Waals surface area contributed by atoms with E-state index in [9.17, 15) is 10.1 Å². The molecule has 0 bridgehead atoms. The molecule has 0 aliphatic rings. The van der Waals surface area contributed by atoms with Crippen molar-refractivity contribution in [3.8, 4) is 0 Å². The molecule has 0 saturated carbocycles. The first-order valence-corrected chi connectivity index (χ1v) is 7.42. The Morgan fingerprint density at radius 3 is 2.88 bits per heavy atom. The smallest absolute Gasteiger partial charge is 0.258 e. The summed E-state index contributed by atoms with van der Waals surface area (Å²) in [5, 5.41) is 12.8. The van der Waals surface area contributed by atoms with Crippen molar-refractivity contribution in [3.05, 3.63) is 55.9 Å². The number of nitro benzene ring substituents is 1. The third-order valence-electron chi connectivity index (χ3n) is 2.08. The Hall–Kier alpha value is -0.850. The highest BCUT2D eigenvalue weighted by atomic mass is 79.9. The average molecular weight is 330 g/mol. The van der Waals surface area contributed by atoms with Crippen LogP contribution in [0.5, 0.6) is 0 Å². The van der Waals surface area contributed by atoms with Gasteiger partial charge in [0.25, 0.3) is 5.69 Å². The van der Waals surface area contributed by atoms with Crippen molar-refractivity contribution in [3.63, 3.8) is 0 Å². The Kier molecular flexibility index (Phi) is 4.20. The highest BCUT2D eigenvalue weighted by molar-refractivity contribution is 9.10. The Balaban J connectivity index is 2.11. The molecule has 17 heavy (non-hydrogen) atoms. The summed E-state index contributed by atoms with van der Waals surface area (Å²) in [4.78, 5) is 10.4. The predicted octanol–water partition coefficient (Wildman–Crippen LogP) is 4.71.